The number of amides is 1. The quantitative estimate of drug-likeness (QED) is 0.845. The first kappa shape index (κ1) is 18.5. The molecule has 26 heavy (non-hydrogen) atoms. The van der Waals surface area contributed by atoms with E-state index in [1.54, 1.807) is 12.1 Å². The van der Waals surface area contributed by atoms with Crippen LogP contribution in [0.25, 0.3) is 11.1 Å². The molecule has 6 heteroatoms. The number of ether oxygens (including phenoxy) is 1. The number of benzene rings is 2. The monoisotopic (exact) mass is 373 g/mol. The van der Waals surface area contributed by atoms with Crippen LogP contribution in [0.5, 0.6) is 5.75 Å². The topological polar surface area (TPSA) is 72.5 Å². The molecule has 0 aromatic heterocycles. The molecule has 0 spiro atoms. The van der Waals surface area contributed by atoms with Crippen molar-refractivity contribution in [2.24, 2.45) is 0 Å². The third kappa shape index (κ3) is 4.25. The van der Waals surface area contributed by atoms with Crippen LogP contribution in [0.1, 0.15) is 25.3 Å². The lowest BCUT2D eigenvalue weighted by Gasteiger charge is -2.11. The SMILES string of the molecule is CCCC(=O)NCC1Cc2cc(-c3ccc(S(C)(=O)=O)cc3)ccc2O1. The summed E-state index contributed by atoms with van der Waals surface area (Å²) in [6.07, 6.45) is 3.27. The summed E-state index contributed by atoms with van der Waals surface area (Å²) in [7, 11) is -3.19. The lowest BCUT2D eigenvalue weighted by atomic mass is 10.0. The molecule has 1 aliphatic rings. The van der Waals surface area contributed by atoms with Crippen LogP contribution in [0.4, 0.5) is 0 Å². The zero-order valence-electron chi connectivity index (χ0n) is 15.0. The summed E-state index contributed by atoms with van der Waals surface area (Å²) >= 11 is 0. The van der Waals surface area contributed by atoms with Crippen LogP contribution in [-0.4, -0.2) is 33.2 Å². The fourth-order valence-electron chi connectivity index (χ4n) is 3.05. The van der Waals surface area contributed by atoms with Gasteiger partial charge in [-0.05, 0) is 47.4 Å². The smallest absolute Gasteiger partial charge is 0.220 e. The summed E-state index contributed by atoms with van der Waals surface area (Å²) in [5, 5.41) is 2.91. The average molecular weight is 373 g/mol. The Morgan fingerprint density at radius 3 is 2.50 bits per heavy atom. The predicted octanol–water partition coefficient (Wildman–Crippen LogP) is 2.98. The molecule has 0 fully saturated rings. The molecule has 0 bridgehead atoms. The van der Waals surface area contributed by atoms with Crippen LogP contribution in [0, 0.1) is 0 Å². The van der Waals surface area contributed by atoms with E-state index < -0.39 is 9.84 Å². The molecule has 0 radical (unpaired) electrons. The van der Waals surface area contributed by atoms with E-state index >= 15 is 0 Å². The molecule has 1 unspecified atom stereocenters. The van der Waals surface area contributed by atoms with Crippen molar-refractivity contribution in [3.63, 3.8) is 0 Å². The van der Waals surface area contributed by atoms with Crippen LogP contribution >= 0.6 is 0 Å². The molecule has 1 heterocycles. The van der Waals surface area contributed by atoms with E-state index in [4.69, 9.17) is 4.74 Å². The second-order valence-corrected chi connectivity index (χ2v) is 8.63. The first-order valence-electron chi connectivity index (χ1n) is 8.73. The van der Waals surface area contributed by atoms with E-state index in [9.17, 15) is 13.2 Å². The minimum absolute atomic E-state index is 0.0475. The Morgan fingerprint density at radius 1 is 1.15 bits per heavy atom. The van der Waals surface area contributed by atoms with Crippen LogP contribution in [0.3, 0.4) is 0 Å². The Morgan fingerprint density at radius 2 is 1.85 bits per heavy atom. The molecule has 2 aromatic rings. The maximum atomic E-state index is 11.6. The molecule has 138 valence electrons. The van der Waals surface area contributed by atoms with Crippen LogP contribution in [0.2, 0.25) is 0 Å². The number of rotatable bonds is 6. The largest absolute Gasteiger partial charge is 0.488 e. The minimum atomic E-state index is -3.19. The van der Waals surface area contributed by atoms with E-state index in [2.05, 4.69) is 11.4 Å². The third-order valence-corrected chi connectivity index (χ3v) is 5.55. The van der Waals surface area contributed by atoms with Gasteiger partial charge in [-0.2, -0.15) is 0 Å². The molecule has 2 aromatic carbocycles. The fraction of sp³-hybridized carbons (Fsp3) is 0.350. The van der Waals surface area contributed by atoms with Gasteiger partial charge in [-0.25, -0.2) is 8.42 Å². The van der Waals surface area contributed by atoms with Gasteiger partial charge in [0.25, 0.3) is 0 Å². The molecule has 1 atom stereocenters. The first-order chi connectivity index (χ1) is 12.4. The van der Waals surface area contributed by atoms with Gasteiger partial charge in [-0.3, -0.25) is 4.79 Å². The molecule has 1 aliphatic heterocycles. The van der Waals surface area contributed by atoms with Gasteiger partial charge < -0.3 is 10.1 Å². The Bertz CT molecular complexity index is 904. The van der Waals surface area contributed by atoms with Gasteiger partial charge in [0.05, 0.1) is 11.4 Å². The van der Waals surface area contributed by atoms with Crippen molar-refractivity contribution >= 4 is 15.7 Å². The van der Waals surface area contributed by atoms with E-state index in [1.165, 1.54) is 6.26 Å². The second-order valence-electron chi connectivity index (χ2n) is 6.62. The van der Waals surface area contributed by atoms with Crippen molar-refractivity contribution in [3.8, 4) is 16.9 Å². The third-order valence-electron chi connectivity index (χ3n) is 4.42. The van der Waals surface area contributed by atoms with E-state index in [0.717, 1.165) is 35.3 Å². The van der Waals surface area contributed by atoms with E-state index in [-0.39, 0.29) is 12.0 Å². The number of carbonyl (C=O) groups is 1. The maximum Gasteiger partial charge on any atom is 0.220 e. The van der Waals surface area contributed by atoms with Crippen molar-refractivity contribution in [2.75, 3.05) is 12.8 Å². The minimum Gasteiger partial charge on any atom is -0.488 e. The first-order valence-corrected chi connectivity index (χ1v) is 10.6. The van der Waals surface area contributed by atoms with Gasteiger partial charge in [0.1, 0.15) is 11.9 Å². The lowest BCUT2D eigenvalue weighted by Crippen LogP contribution is -2.34. The average Bonchev–Trinajstić information content (AvgIpc) is 3.01. The summed E-state index contributed by atoms with van der Waals surface area (Å²) in [5.41, 5.74) is 3.08. The molecule has 1 N–H and O–H groups in total. The van der Waals surface area contributed by atoms with Crippen molar-refractivity contribution < 1.29 is 17.9 Å². The van der Waals surface area contributed by atoms with Crippen molar-refractivity contribution in [1.29, 1.82) is 0 Å². The number of hydrogen-bond donors (Lipinski definition) is 1. The maximum absolute atomic E-state index is 11.6. The second kappa shape index (κ2) is 7.50. The summed E-state index contributed by atoms with van der Waals surface area (Å²) in [6, 6.07) is 12.8. The standard InChI is InChI=1S/C20H23NO4S/c1-3-4-20(22)21-13-17-12-16-11-15(7-10-19(16)25-17)14-5-8-18(9-6-14)26(2,23)24/h5-11,17H,3-4,12-13H2,1-2H3,(H,21,22). The Hall–Kier alpha value is -2.34. The van der Waals surface area contributed by atoms with Crippen molar-refractivity contribution in [3.05, 3.63) is 48.0 Å². The molecule has 3 rings (SSSR count). The van der Waals surface area contributed by atoms with Gasteiger partial charge in [-0.15, -0.1) is 0 Å². The van der Waals surface area contributed by atoms with Gasteiger partial charge in [-0.1, -0.05) is 25.1 Å². The van der Waals surface area contributed by atoms with Gasteiger partial charge in [0, 0.05) is 19.1 Å². The van der Waals surface area contributed by atoms with Crippen LogP contribution < -0.4 is 10.1 Å². The number of nitrogens with one attached hydrogen (secondary N) is 1. The van der Waals surface area contributed by atoms with Crippen LogP contribution in [0.15, 0.2) is 47.4 Å². The molecular formula is C20H23NO4S. The van der Waals surface area contributed by atoms with Gasteiger partial charge in [0.15, 0.2) is 9.84 Å². The van der Waals surface area contributed by atoms with E-state index in [0.29, 0.717) is 17.9 Å². The Kier molecular flexibility index (Phi) is 5.32. The molecule has 0 aliphatic carbocycles. The van der Waals surface area contributed by atoms with Gasteiger partial charge >= 0.3 is 0 Å². The van der Waals surface area contributed by atoms with E-state index in [1.807, 2.05) is 31.2 Å². The molecule has 5 nitrogen and oxygen atoms in total. The number of fused-ring (bicyclic) bond motifs is 1. The lowest BCUT2D eigenvalue weighted by molar-refractivity contribution is -0.121. The normalized spacial score (nSPS) is 16.0. The molecule has 1 amide bonds. The highest BCUT2D eigenvalue weighted by molar-refractivity contribution is 7.90. The highest BCUT2D eigenvalue weighted by atomic mass is 32.2. The van der Waals surface area contributed by atoms with Crippen molar-refractivity contribution in [1.82, 2.24) is 5.32 Å². The molecule has 0 saturated heterocycles. The predicted molar refractivity (Wildman–Crippen MR) is 101 cm³/mol. The molecular weight excluding hydrogens is 350 g/mol. The number of carbonyl (C=O) groups excluding carboxylic acids is 1. The van der Waals surface area contributed by atoms with Crippen molar-refractivity contribution in [2.45, 2.75) is 37.2 Å². The number of sulfone groups is 1. The number of hydrogen-bond acceptors (Lipinski definition) is 4. The summed E-state index contributed by atoms with van der Waals surface area (Å²) in [5.74, 6) is 0.898. The Balaban J connectivity index is 1.70. The molecule has 0 saturated carbocycles. The summed E-state index contributed by atoms with van der Waals surface area (Å²) < 4.78 is 29.0. The van der Waals surface area contributed by atoms with Crippen LogP contribution in [-0.2, 0) is 21.1 Å². The fourth-order valence-corrected chi connectivity index (χ4v) is 3.68. The highest BCUT2D eigenvalue weighted by Crippen LogP contribution is 2.33. The Labute approximate surface area is 154 Å². The van der Waals surface area contributed by atoms with Gasteiger partial charge in [0.2, 0.25) is 5.91 Å². The zero-order chi connectivity index (χ0) is 18.7. The summed E-state index contributed by atoms with van der Waals surface area (Å²) in [4.78, 5) is 11.9. The zero-order valence-corrected chi connectivity index (χ0v) is 15.8. The summed E-state index contributed by atoms with van der Waals surface area (Å²) in [6.45, 7) is 2.48. The highest BCUT2D eigenvalue weighted by Gasteiger charge is 2.23.